The first-order valence-corrected chi connectivity index (χ1v) is 12.5. The van der Waals surface area contributed by atoms with Crippen molar-refractivity contribution < 1.29 is 22.8 Å². The van der Waals surface area contributed by atoms with Crippen molar-refractivity contribution in [2.75, 3.05) is 12.4 Å². The first-order valence-electron chi connectivity index (χ1n) is 12.5. The summed E-state index contributed by atoms with van der Waals surface area (Å²) in [6, 6.07) is 6.72. The lowest BCUT2D eigenvalue weighted by atomic mass is 9.88. The van der Waals surface area contributed by atoms with Crippen LogP contribution in [0.25, 0.3) is 17.1 Å². The highest BCUT2D eigenvalue weighted by Crippen LogP contribution is 2.33. The topological polar surface area (TPSA) is 115 Å². The van der Waals surface area contributed by atoms with E-state index in [9.17, 15) is 22.8 Å². The van der Waals surface area contributed by atoms with E-state index in [2.05, 4.69) is 37.2 Å². The molecule has 0 aromatic carbocycles. The molecule has 3 aromatic rings. The summed E-state index contributed by atoms with van der Waals surface area (Å²) in [5, 5.41) is 14.4. The number of rotatable bonds is 9. The molecule has 0 bridgehead atoms. The highest BCUT2D eigenvalue weighted by molar-refractivity contribution is 6.05. The van der Waals surface area contributed by atoms with E-state index in [0.29, 0.717) is 27.8 Å². The average Bonchev–Trinajstić information content (AvgIpc) is 3.42. The van der Waals surface area contributed by atoms with Gasteiger partial charge in [-0.05, 0) is 54.8 Å². The zero-order valence-electron chi connectivity index (χ0n) is 22.3. The van der Waals surface area contributed by atoms with Gasteiger partial charge in [0.25, 0.3) is 5.91 Å². The third-order valence-corrected chi connectivity index (χ3v) is 6.10. The minimum absolute atomic E-state index is 0.0429. The maximum Gasteiger partial charge on any atom is 0.433 e. The number of hydrogen-bond donors (Lipinski definition) is 1. The number of amides is 1. The summed E-state index contributed by atoms with van der Waals surface area (Å²) in [5.41, 5.74) is 1.03. The van der Waals surface area contributed by atoms with Gasteiger partial charge in [-0.1, -0.05) is 30.9 Å². The Bertz CT molecular complexity index is 1570. The summed E-state index contributed by atoms with van der Waals surface area (Å²) >= 11 is 0. The fourth-order valence-corrected chi connectivity index (χ4v) is 4.01. The van der Waals surface area contributed by atoms with Crippen molar-refractivity contribution in [3.05, 3.63) is 96.0 Å². The number of alkyl halides is 3. The van der Waals surface area contributed by atoms with Crippen LogP contribution >= 0.6 is 0 Å². The van der Waals surface area contributed by atoms with Crippen molar-refractivity contribution in [2.24, 2.45) is 10.9 Å². The standard InChI is InChI=1S/C29H26F3N7O2/c1-18(2)24(40)10-9-21(16-33-3)19-6-4-7-20(14-19)28(41)35-26-11-12-27(37-36-26)39-25(29(30,31)32)15-23(38-39)22-8-5-13-34-17-22/h4-5,7-9,11-17,19H,1,6,10H2,2-3H3,(H,35,36,41)/b21-9+,33-16?. The minimum atomic E-state index is -4.70. The Morgan fingerprint density at radius 3 is 2.68 bits per heavy atom. The predicted octanol–water partition coefficient (Wildman–Crippen LogP) is 5.35. The van der Waals surface area contributed by atoms with Gasteiger partial charge in [-0.15, -0.1) is 10.2 Å². The van der Waals surface area contributed by atoms with E-state index in [-0.39, 0.29) is 35.5 Å². The number of carbonyl (C=O) groups excluding carboxylic acids is 2. The van der Waals surface area contributed by atoms with Gasteiger partial charge >= 0.3 is 6.18 Å². The van der Waals surface area contributed by atoms with Gasteiger partial charge in [0, 0.05) is 49.1 Å². The number of nitrogens with one attached hydrogen (secondary N) is 1. The highest BCUT2D eigenvalue weighted by Gasteiger charge is 2.37. The minimum Gasteiger partial charge on any atom is -0.305 e. The zero-order chi connectivity index (χ0) is 29.6. The lowest BCUT2D eigenvalue weighted by Gasteiger charge is -2.17. The van der Waals surface area contributed by atoms with Crippen LogP contribution < -0.4 is 5.32 Å². The molecule has 0 spiro atoms. The largest absolute Gasteiger partial charge is 0.433 e. The molecule has 3 heterocycles. The average molecular weight is 562 g/mol. The third-order valence-electron chi connectivity index (χ3n) is 6.10. The monoisotopic (exact) mass is 561 g/mol. The second-order valence-electron chi connectivity index (χ2n) is 9.16. The molecule has 1 unspecified atom stereocenters. The quantitative estimate of drug-likeness (QED) is 0.278. The molecule has 12 heteroatoms. The summed E-state index contributed by atoms with van der Waals surface area (Å²) in [6.45, 7) is 5.31. The van der Waals surface area contributed by atoms with E-state index in [1.54, 1.807) is 50.5 Å². The molecule has 0 radical (unpaired) electrons. The Hall–Kier alpha value is -5.00. The lowest BCUT2D eigenvalue weighted by Crippen LogP contribution is -2.19. The summed E-state index contributed by atoms with van der Waals surface area (Å²) in [4.78, 5) is 32.9. The van der Waals surface area contributed by atoms with Gasteiger partial charge in [0.1, 0.15) is 0 Å². The SMILES string of the molecule is C=C(C)C(=O)C/C=C(\C=NC)C1C=C(C(=O)Nc2ccc(-n3nc(-c4cccnc4)cc3C(F)(F)F)nn2)C=CC1. The molecule has 1 aliphatic carbocycles. The van der Waals surface area contributed by atoms with Crippen LogP contribution in [0.15, 0.2) is 95.3 Å². The number of hydrogen-bond acceptors (Lipinski definition) is 7. The van der Waals surface area contributed by atoms with Gasteiger partial charge in [-0.25, -0.2) is 4.68 Å². The Morgan fingerprint density at radius 1 is 1.24 bits per heavy atom. The number of pyridine rings is 1. The molecule has 0 fully saturated rings. The maximum atomic E-state index is 13.8. The maximum absolute atomic E-state index is 13.8. The summed E-state index contributed by atoms with van der Waals surface area (Å²) < 4.78 is 41.9. The van der Waals surface area contributed by atoms with E-state index >= 15 is 0 Å². The van der Waals surface area contributed by atoms with E-state index in [1.807, 2.05) is 6.08 Å². The number of nitrogens with zero attached hydrogens (tertiary/aromatic N) is 6. The molecule has 0 aliphatic heterocycles. The van der Waals surface area contributed by atoms with Crippen LogP contribution in [-0.2, 0) is 15.8 Å². The molecule has 3 aromatic heterocycles. The molecule has 210 valence electrons. The van der Waals surface area contributed by atoms with Gasteiger partial charge in [0.2, 0.25) is 0 Å². The Balaban J connectivity index is 1.53. The number of anilines is 1. The third kappa shape index (κ3) is 7.15. The van der Waals surface area contributed by atoms with Gasteiger partial charge in [-0.3, -0.25) is 19.6 Å². The van der Waals surface area contributed by atoms with Crippen molar-refractivity contribution in [3.63, 3.8) is 0 Å². The number of halogens is 3. The van der Waals surface area contributed by atoms with Crippen molar-refractivity contribution in [3.8, 4) is 17.1 Å². The van der Waals surface area contributed by atoms with Crippen LogP contribution in [0, 0.1) is 5.92 Å². The second kappa shape index (κ2) is 12.5. The molecule has 1 amide bonds. The second-order valence-corrected chi connectivity index (χ2v) is 9.16. The molecular weight excluding hydrogens is 535 g/mol. The van der Waals surface area contributed by atoms with Crippen LogP contribution in [0.3, 0.4) is 0 Å². The zero-order valence-corrected chi connectivity index (χ0v) is 22.3. The molecule has 0 saturated carbocycles. The van der Waals surface area contributed by atoms with Crippen LogP contribution in [0.4, 0.5) is 19.0 Å². The smallest absolute Gasteiger partial charge is 0.305 e. The fourth-order valence-electron chi connectivity index (χ4n) is 4.01. The van der Waals surface area contributed by atoms with Crippen LogP contribution in [0.1, 0.15) is 25.5 Å². The van der Waals surface area contributed by atoms with Gasteiger partial charge in [0.15, 0.2) is 23.1 Å². The summed E-state index contributed by atoms with van der Waals surface area (Å²) in [7, 11) is 1.62. The molecule has 1 N–H and O–H groups in total. The fraction of sp³-hybridized carbons (Fsp3) is 0.207. The van der Waals surface area contributed by atoms with Crippen LogP contribution in [0.5, 0.6) is 0 Å². The van der Waals surface area contributed by atoms with Gasteiger partial charge in [0.05, 0.1) is 5.69 Å². The molecule has 0 saturated heterocycles. The Labute approximate surface area is 233 Å². The van der Waals surface area contributed by atoms with Gasteiger partial charge in [-0.2, -0.15) is 18.3 Å². The first kappa shape index (κ1) is 29.0. The number of aliphatic imine (C=N–C) groups is 1. The van der Waals surface area contributed by atoms with Crippen molar-refractivity contribution in [2.45, 2.75) is 25.9 Å². The van der Waals surface area contributed by atoms with Gasteiger partial charge < -0.3 is 5.32 Å². The van der Waals surface area contributed by atoms with E-state index in [4.69, 9.17) is 0 Å². The van der Waals surface area contributed by atoms with E-state index in [1.165, 1.54) is 24.5 Å². The summed E-state index contributed by atoms with van der Waals surface area (Å²) in [6.07, 6.45) is 7.67. The predicted molar refractivity (Wildman–Crippen MR) is 148 cm³/mol. The molecule has 1 aliphatic rings. The molecular formula is C29H26F3N7O2. The number of allylic oxidation sites excluding steroid dienone is 5. The van der Waals surface area contributed by atoms with Crippen molar-refractivity contribution in [1.82, 2.24) is 25.0 Å². The van der Waals surface area contributed by atoms with Crippen LogP contribution in [-0.4, -0.2) is 49.9 Å². The van der Waals surface area contributed by atoms with Crippen LogP contribution in [0.2, 0.25) is 0 Å². The van der Waals surface area contributed by atoms with Crippen molar-refractivity contribution in [1.29, 1.82) is 0 Å². The summed E-state index contributed by atoms with van der Waals surface area (Å²) in [5.74, 6) is -0.896. The molecule has 41 heavy (non-hydrogen) atoms. The molecule has 9 nitrogen and oxygen atoms in total. The van der Waals surface area contributed by atoms with Crippen molar-refractivity contribution >= 4 is 23.7 Å². The number of ketones is 1. The number of Topliss-reactive ketones (excluding diaryl/α,β-unsaturated/α-hetero) is 1. The first-order chi connectivity index (χ1) is 19.6. The van der Waals surface area contributed by atoms with E-state index < -0.39 is 17.8 Å². The molecule has 1 atom stereocenters. The lowest BCUT2D eigenvalue weighted by molar-refractivity contribution is -0.142. The highest BCUT2D eigenvalue weighted by atomic mass is 19.4. The number of aromatic nitrogens is 5. The number of carbonyl (C=O) groups is 2. The van der Waals surface area contributed by atoms with E-state index in [0.717, 1.165) is 11.6 Å². The molecule has 4 rings (SSSR count). The Kier molecular flexibility index (Phi) is 8.81. The Morgan fingerprint density at radius 2 is 2.05 bits per heavy atom. The normalized spacial score (nSPS) is 15.6.